The number of hydrazine groups is 1. The van der Waals surface area contributed by atoms with Crippen LogP contribution in [0.2, 0.25) is 0 Å². The molecule has 5 nitrogen and oxygen atoms in total. The second-order valence-corrected chi connectivity index (χ2v) is 6.44. The van der Waals surface area contributed by atoms with Crippen LogP contribution in [0.4, 0.5) is 4.79 Å². The van der Waals surface area contributed by atoms with E-state index in [1.165, 1.54) is 21.8 Å². The summed E-state index contributed by atoms with van der Waals surface area (Å²) in [5, 5.41) is 2.79. The highest BCUT2D eigenvalue weighted by Crippen LogP contribution is 2.18. The van der Waals surface area contributed by atoms with Gasteiger partial charge in [-0.2, -0.15) is 0 Å². The molecule has 0 saturated carbocycles. The molecule has 0 aliphatic rings. The lowest BCUT2D eigenvalue weighted by Crippen LogP contribution is -2.53. The molecule has 0 radical (unpaired) electrons. The molecule has 6 heteroatoms. The van der Waals surface area contributed by atoms with Crippen molar-refractivity contribution in [3.63, 3.8) is 0 Å². The summed E-state index contributed by atoms with van der Waals surface area (Å²) in [4.78, 5) is 25.6. The zero-order valence-corrected chi connectivity index (χ0v) is 15.4. The van der Waals surface area contributed by atoms with Crippen molar-refractivity contribution >= 4 is 23.8 Å². The van der Waals surface area contributed by atoms with Gasteiger partial charge in [0.25, 0.3) is 5.91 Å². The normalized spacial score (nSPS) is 10.4. The van der Waals surface area contributed by atoms with Gasteiger partial charge in [-0.15, -0.1) is 11.8 Å². The second kappa shape index (κ2) is 9.13. The first-order chi connectivity index (χ1) is 12.0. The highest BCUT2D eigenvalue weighted by Gasteiger charge is 2.30. The predicted octanol–water partition coefficient (Wildman–Crippen LogP) is 4.27. The van der Waals surface area contributed by atoms with Crippen molar-refractivity contribution in [1.29, 1.82) is 0 Å². The fraction of sp³-hybridized carbons (Fsp3) is 0.263. The Morgan fingerprint density at radius 3 is 2.08 bits per heavy atom. The summed E-state index contributed by atoms with van der Waals surface area (Å²) in [6, 6.07) is 17.5. The average Bonchev–Trinajstić information content (AvgIpc) is 2.62. The molecule has 0 heterocycles. The second-order valence-electron chi connectivity index (χ2n) is 5.61. The van der Waals surface area contributed by atoms with E-state index in [0.29, 0.717) is 17.2 Å². The fourth-order valence-electron chi connectivity index (χ4n) is 2.30. The van der Waals surface area contributed by atoms with E-state index in [4.69, 9.17) is 4.74 Å². The number of rotatable bonds is 5. The van der Waals surface area contributed by atoms with Crippen LogP contribution in [0.3, 0.4) is 0 Å². The number of carbonyl (C=O) groups is 2. The maximum absolute atomic E-state index is 12.9. The van der Waals surface area contributed by atoms with Crippen LogP contribution in [-0.2, 0) is 0 Å². The van der Waals surface area contributed by atoms with E-state index in [9.17, 15) is 9.59 Å². The summed E-state index contributed by atoms with van der Waals surface area (Å²) < 4.78 is 5.43. The average molecular weight is 358 g/mol. The summed E-state index contributed by atoms with van der Waals surface area (Å²) in [6.07, 6.45) is 1.28. The molecule has 25 heavy (non-hydrogen) atoms. The minimum Gasteiger partial charge on any atom is -0.409 e. The topological polar surface area (TPSA) is 49.9 Å². The lowest BCUT2D eigenvalue weighted by molar-refractivity contribution is -0.00429. The summed E-state index contributed by atoms with van der Waals surface area (Å²) >= 11 is 1.44. The van der Waals surface area contributed by atoms with Crippen LogP contribution in [0.5, 0.6) is 5.75 Å². The maximum Gasteiger partial charge on any atom is 0.435 e. The molecule has 0 bridgehead atoms. The number of carbonyl (C=O) groups excluding carboxylic acids is 2. The number of hydrogen-bond donors (Lipinski definition) is 0. The third-order valence-corrected chi connectivity index (χ3v) is 3.89. The standard InChI is InChI=1S/C19H22N2O3S/c1-15(2)21(18(22)16-10-6-4-7-11-16)20(14-25-3)19(23)24-17-12-8-5-9-13-17/h4-13,15H,14H2,1-3H3. The molecular formula is C19H22N2O3S. The van der Waals surface area contributed by atoms with Crippen molar-refractivity contribution in [1.82, 2.24) is 10.0 Å². The quantitative estimate of drug-likeness (QED) is 0.591. The van der Waals surface area contributed by atoms with Gasteiger partial charge in [-0.3, -0.25) is 4.79 Å². The largest absolute Gasteiger partial charge is 0.435 e. The molecule has 2 amide bonds. The predicted molar refractivity (Wildman–Crippen MR) is 100 cm³/mol. The molecule has 2 rings (SSSR count). The number of amides is 2. The Kier molecular flexibility index (Phi) is 6.89. The van der Waals surface area contributed by atoms with Crippen LogP contribution >= 0.6 is 11.8 Å². The Morgan fingerprint density at radius 1 is 1.00 bits per heavy atom. The van der Waals surface area contributed by atoms with Crippen molar-refractivity contribution < 1.29 is 14.3 Å². The third-order valence-electron chi connectivity index (χ3n) is 3.39. The van der Waals surface area contributed by atoms with E-state index in [-0.39, 0.29) is 11.9 Å². The first-order valence-corrected chi connectivity index (χ1v) is 9.35. The molecule has 0 atom stereocenters. The highest BCUT2D eigenvalue weighted by atomic mass is 32.2. The minimum atomic E-state index is -0.585. The Hall–Kier alpha value is -2.47. The molecule has 0 aromatic heterocycles. The van der Waals surface area contributed by atoms with E-state index in [2.05, 4.69) is 0 Å². The van der Waals surface area contributed by atoms with Gasteiger partial charge < -0.3 is 4.74 Å². The van der Waals surface area contributed by atoms with Gasteiger partial charge in [-0.05, 0) is 44.4 Å². The van der Waals surface area contributed by atoms with Gasteiger partial charge in [0.15, 0.2) is 0 Å². The molecule has 0 spiro atoms. The van der Waals surface area contributed by atoms with Crippen LogP contribution in [0.15, 0.2) is 60.7 Å². The summed E-state index contributed by atoms with van der Waals surface area (Å²) in [7, 11) is 0. The van der Waals surface area contributed by atoms with E-state index < -0.39 is 6.09 Å². The van der Waals surface area contributed by atoms with Crippen molar-refractivity contribution in [3.05, 3.63) is 66.2 Å². The van der Waals surface area contributed by atoms with E-state index in [0.717, 1.165) is 0 Å². The van der Waals surface area contributed by atoms with Crippen LogP contribution < -0.4 is 4.74 Å². The van der Waals surface area contributed by atoms with Gasteiger partial charge >= 0.3 is 6.09 Å². The zero-order chi connectivity index (χ0) is 18.2. The van der Waals surface area contributed by atoms with Crippen molar-refractivity contribution in [2.75, 3.05) is 12.1 Å². The number of hydrogen-bond acceptors (Lipinski definition) is 4. The first kappa shape index (κ1) is 18.9. The highest BCUT2D eigenvalue weighted by molar-refractivity contribution is 7.98. The van der Waals surface area contributed by atoms with E-state index in [1.807, 2.05) is 32.2 Å². The Bertz CT molecular complexity index is 692. The van der Waals surface area contributed by atoms with Crippen molar-refractivity contribution in [2.45, 2.75) is 19.9 Å². The molecule has 0 fully saturated rings. The molecule has 0 aliphatic carbocycles. The molecule has 2 aromatic rings. The third kappa shape index (κ3) is 5.00. The minimum absolute atomic E-state index is 0.205. The fourth-order valence-corrected chi connectivity index (χ4v) is 2.78. The van der Waals surface area contributed by atoms with Gasteiger partial charge in [-0.25, -0.2) is 14.8 Å². The summed E-state index contributed by atoms with van der Waals surface area (Å²) in [5.41, 5.74) is 0.523. The Balaban J connectivity index is 2.27. The monoisotopic (exact) mass is 358 g/mol. The molecule has 0 unspecified atom stereocenters. The molecule has 2 aromatic carbocycles. The molecule has 0 aliphatic heterocycles. The smallest absolute Gasteiger partial charge is 0.409 e. The molecule has 0 saturated heterocycles. The van der Waals surface area contributed by atoms with Crippen LogP contribution in [0, 0.1) is 0 Å². The van der Waals surface area contributed by atoms with E-state index >= 15 is 0 Å². The number of thioether (sulfide) groups is 1. The van der Waals surface area contributed by atoms with E-state index in [1.54, 1.807) is 48.5 Å². The lowest BCUT2D eigenvalue weighted by atomic mass is 10.2. The summed E-state index contributed by atoms with van der Waals surface area (Å²) in [6.45, 7) is 3.73. The molecule has 132 valence electrons. The molecule has 0 N–H and O–H groups in total. The van der Waals surface area contributed by atoms with Crippen LogP contribution in [0.25, 0.3) is 0 Å². The van der Waals surface area contributed by atoms with Crippen molar-refractivity contribution in [3.8, 4) is 5.75 Å². The zero-order valence-electron chi connectivity index (χ0n) is 14.6. The van der Waals surface area contributed by atoms with Gasteiger partial charge in [0.05, 0.1) is 5.88 Å². The van der Waals surface area contributed by atoms with Gasteiger partial charge in [0.1, 0.15) is 5.75 Å². The number of para-hydroxylation sites is 1. The number of nitrogens with zero attached hydrogens (tertiary/aromatic N) is 2. The Labute approximate surface area is 152 Å². The number of benzene rings is 2. The van der Waals surface area contributed by atoms with Crippen molar-refractivity contribution in [2.24, 2.45) is 0 Å². The van der Waals surface area contributed by atoms with Gasteiger partial charge in [0.2, 0.25) is 0 Å². The van der Waals surface area contributed by atoms with Gasteiger partial charge in [0, 0.05) is 11.6 Å². The van der Waals surface area contributed by atoms with Crippen LogP contribution in [0.1, 0.15) is 24.2 Å². The number of ether oxygens (including phenoxy) is 1. The maximum atomic E-state index is 12.9. The van der Waals surface area contributed by atoms with Crippen LogP contribution in [-0.4, -0.2) is 40.2 Å². The molecular weight excluding hydrogens is 336 g/mol. The first-order valence-electron chi connectivity index (χ1n) is 7.96. The SMILES string of the molecule is CSCN(C(=O)Oc1ccccc1)N(C(=O)c1ccccc1)C(C)C. The Morgan fingerprint density at radius 2 is 1.56 bits per heavy atom. The summed E-state index contributed by atoms with van der Waals surface area (Å²) in [5.74, 6) is 0.506. The van der Waals surface area contributed by atoms with Gasteiger partial charge in [-0.1, -0.05) is 36.4 Å². The lowest BCUT2D eigenvalue weighted by Gasteiger charge is -2.36.